The van der Waals surface area contributed by atoms with Crippen molar-refractivity contribution in [2.75, 3.05) is 11.9 Å². The molecule has 2 heterocycles. The molecule has 6 nitrogen and oxygen atoms in total. The van der Waals surface area contributed by atoms with Gasteiger partial charge in [0.25, 0.3) is 0 Å². The average molecular weight is 269 g/mol. The third kappa shape index (κ3) is 2.46. The van der Waals surface area contributed by atoms with E-state index in [0.717, 1.165) is 22.4 Å². The summed E-state index contributed by atoms with van der Waals surface area (Å²) in [6.07, 6.45) is 1.43. The van der Waals surface area contributed by atoms with E-state index >= 15 is 0 Å². The molecule has 2 aromatic heterocycles. The van der Waals surface area contributed by atoms with Crippen molar-refractivity contribution in [2.45, 2.75) is 13.0 Å². The fourth-order valence-corrected chi connectivity index (χ4v) is 1.89. The number of nitrogens with one attached hydrogen (secondary N) is 1. The Morgan fingerprint density at radius 2 is 2.15 bits per heavy atom. The van der Waals surface area contributed by atoms with Crippen LogP contribution in [-0.2, 0) is 0 Å². The van der Waals surface area contributed by atoms with Crippen LogP contribution in [0.1, 0.15) is 6.92 Å². The molecule has 102 valence electrons. The summed E-state index contributed by atoms with van der Waals surface area (Å²) in [4.78, 5) is 4.09. The van der Waals surface area contributed by atoms with Crippen molar-refractivity contribution in [1.82, 2.24) is 15.2 Å². The first-order valence-electron chi connectivity index (χ1n) is 6.40. The Balaban J connectivity index is 1.86. The SMILES string of the molecule is CC(CN)Nc1ccc(-c2ccc3ncoc3c2)nn1. The summed E-state index contributed by atoms with van der Waals surface area (Å²) in [7, 11) is 0. The normalized spacial score (nSPS) is 12.5. The molecular formula is C14H15N5O. The smallest absolute Gasteiger partial charge is 0.181 e. The van der Waals surface area contributed by atoms with Crippen LogP contribution in [0.25, 0.3) is 22.4 Å². The van der Waals surface area contributed by atoms with Crippen molar-refractivity contribution in [2.24, 2.45) is 5.73 Å². The second-order valence-corrected chi connectivity index (χ2v) is 4.62. The summed E-state index contributed by atoms with van der Waals surface area (Å²) >= 11 is 0. The van der Waals surface area contributed by atoms with Crippen LogP contribution in [0, 0.1) is 0 Å². The highest BCUT2D eigenvalue weighted by Gasteiger charge is 2.06. The Morgan fingerprint density at radius 1 is 1.25 bits per heavy atom. The van der Waals surface area contributed by atoms with Crippen molar-refractivity contribution < 1.29 is 4.42 Å². The van der Waals surface area contributed by atoms with Crippen molar-refractivity contribution in [3.05, 3.63) is 36.7 Å². The molecule has 0 saturated carbocycles. The van der Waals surface area contributed by atoms with E-state index in [2.05, 4.69) is 20.5 Å². The van der Waals surface area contributed by atoms with Gasteiger partial charge in [0.1, 0.15) is 11.3 Å². The molecule has 0 radical (unpaired) electrons. The van der Waals surface area contributed by atoms with E-state index in [-0.39, 0.29) is 6.04 Å². The van der Waals surface area contributed by atoms with Gasteiger partial charge in [-0.2, -0.15) is 0 Å². The van der Waals surface area contributed by atoms with Crippen LogP contribution in [-0.4, -0.2) is 27.8 Å². The molecule has 1 aromatic carbocycles. The predicted molar refractivity (Wildman–Crippen MR) is 77.2 cm³/mol. The molecular weight excluding hydrogens is 254 g/mol. The van der Waals surface area contributed by atoms with Gasteiger partial charge in [-0.15, -0.1) is 10.2 Å². The van der Waals surface area contributed by atoms with Gasteiger partial charge in [-0.3, -0.25) is 0 Å². The van der Waals surface area contributed by atoms with Crippen LogP contribution in [0.5, 0.6) is 0 Å². The van der Waals surface area contributed by atoms with Crippen LogP contribution in [0.2, 0.25) is 0 Å². The summed E-state index contributed by atoms with van der Waals surface area (Å²) in [5.74, 6) is 0.715. The Bertz CT molecular complexity index is 707. The largest absolute Gasteiger partial charge is 0.443 e. The molecule has 6 heteroatoms. The lowest BCUT2D eigenvalue weighted by Gasteiger charge is -2.11. The number of hydrogen-bond donors (Lipinski definition) is 2. The third-order valence-electron chi connectivity index (χ3n) is 3.04. The first-order chi connectivity index (χ1) is 9.76. The molecule has 0 aliphatic carbocycles. The highest BCUT2D eigenvalue weighted by atomic mass is 16.3. The van der Waals surface area contributed by atoms with E-state index in [9.17, 15) is 0 Å². The minimum Gasteiger partial charge on any atom is -0.443 e. The number of rotatable bonds is 4. The Kier molecular flexibility index (Phi) is 3.30. The Labute approximate surface area is 116 Å². The zero-order chi connectivity index (χ0) is 13.9. The van der Waals surface area contributed by atoms with Crippen molar-refractivity contribution >= 4 is 16.9 Å². The molecule has 1 atom stereocenters. The number of hydrogen-bond acceptors (Lipinski definition) is 6. The average Bonchev–Trinajstić information content (AvgIpc) is 2.95. The molecule has 0 bridgehead atoms. The van der Waals surface area contributed by atoms with Crippen molar-refractivity contribution in [3.63, 3.8) is 0 Å². The van der Waals surface area contributed by atoms with E-state index in [0.29, 0.717) is 12.4 Å². The van der Waals surface area contributed by atoms with E-state index in [1.807, 2.05) is 37.3 Å². The van der Waals surface area contributed by atoms with E-state index in [1.54, 1.807) is 0 Å². The van der Waals surface area contributed by atoms with Crippen LogP contribution < -0.4 is 11.1 Å². The first kappa shape index (κ1) is 12.6. The maximum absolute atomic E-state index is 5.56. The van der Waals surface area contributed by atoms with Crippen LogP contribution >= 0.6 is 0 Å². The third-order valence-corrected chi connectivity index (χ3v) is 3.04. The maximum Gasteiger partial charge on any atom is 0.181 e. The van der Waals surface area contributed by atoms with E-state index < -0.39 is 0 Å². The molecule has 0 spiro atoms. The van der Waals surface area contributed by atoms with Gasteiger partial charge in [0.2, 0.25) is 0 Å². The fraction of sp³-hybridized carbons (Fsp3) is 0.214. The number of oxazole rings is 1. The lowest BCUT2D eigenvalue weighted by molar-refractivity contribution is 0.602. The molecule has 0 aliphatic heterocycles. The Hall–Kier alpha value is -2.47. The van der Waals surface area contributed by atoms with E-state index in [1.165, 1.54) is 6.39 Å². The minimum atomic E-state index is 0.167. The van der Waals surface area contributed by atoms with Gasteiger partial charge >= 0.3 is 0 Å². The predicted octanol–water partition coefficient (Wildman–Crippen LogP) is 2.04. The van der Waals surface area contributed by atoms with E-state index in [4.69, 9.17) is 10.2 Å². The van der Waals surface area contributed by atoms with Crippen molar-refractivity contribution in [1.29, 1.82) is 0 Å². The van der Waals surface area contributed by atoms with Crippen molar-refractivity contribution in [3.8, 4) is 11.3 Å². The van der Waals surface area contributed by atoms with Gasteiger partial charge in [-0.05, 0) is 31.2 Å². The number of benzene rings is 1. The zero-order valence-corrected chi connectivity index (χ0v) is 11.1. The molecule has 0 fully saturated rings. The Morgan fingerprint density at radius 3 is 2.90 bits per heavy atom. The number of nitrogens with zero attached hydrogens (tertiary/aromatic N) is 3. The molecule has 3 rings (SSSR count). The summed E-state index contributed by atoms with van der Waals surface area (Å²) < 4.78 is 5.29. The van der Waals surface area contributed by atoms with Gasteiger partial charge in [0.15, 0.2) is 12.0 Å². The molecule has 3 aromatic rings. The van der Waals surface area contributed by atoms with Gasteiger partial charge in [0, 0.05) is 18.2 Å². The molecule has 0 amide bonds. The zero-order valence-electron chi connectivity index (χ0n) is 11.1. The summed E-state index contributed by atoms with van der Waals surface area (Å²) in [5.41, 5.74) is 8.86. The molecule has 0 saturated heterocycles. The van der Waals surface area contributed by atoms with Gasteiger partial charge in [-0.1, -0.05) is 6.07 Å². The number of aromatic nitrogens is 3. The standard InChI is InChI=1S/C14H15N5O/c1-9(7-15)17-14-5-4-11(18-19-14)10-2-3-12-13(6-10)20-8-16-12/h2-6,8-9H,7,15H2,1H3,(H,17,19). The summed E-state index contributed by atoms with van der Waals surface area (Å²) in [6.45, 7) is 2.54. The quantitative estimate of drug-likeness (QED) is 0.753. The summed E-state index contributed by atoms with van der Waals surface area (Å²) in [5, 5.41) is 11.5. The molecule has 3 N–H and O–H groups in total. The van der Waals surface area contributed by atoms with Gasteiger partial charge in [-0.25, -0.2) is 4.98 Å². The lowest BCUT2D eigenvalue weighted by Crippen LogP contribution is -2.25. The van der Waals surface area contributed by atoms with Crippen LogP contribution in [0.15, 0.2) is 41.1 Å². The number of anilines is 1. The fourth-order valence-electron chi connectivity index (χ4n) is 1.89. The second kappa shape index (κ2) is 5.26. The minimum absolute atomic E-state index is 0.167. The highest BCUT2D eigenvalue weighted by Crippen LogP contribution is 2.22. The monoisotopic (exact) mass is 269 g/mol. The highest BCUT2D eigenvalue weighted by molar-refractivity contribution is 5.78. The first-order valence-corrected chi connectivity index (χ1v) is 6.40. The van der Waals surface area contributed by atoms with Crippen LogP contribution in [0.4, 0.5) is 5.82 Å². The molecule has 1 unspecified atom stereocenters. The summed E-state index contributed by atoms with van der Waals surface area (Å²) in [6, 6.07) is 9.72. The van der Waals surface area contributed by atoms with Crippen LogP contribution in [0.3, 0.4) is 0 Å². The lowest BCUT2D eigenvalue weighted by atomic mass is 10.1. The van der Waals surface area contributed by atoms with Gasteiger partial charge < -0.3 is 15.5 Å². The molecule has 0 aliphatic rings. The number of fused-ring (bicyclic) bond motifs is 1. The van der Waals surface area contributed by atoms with Gasteiger partial charge in [0.05, 0.1) is 5.69 Å². The maximum atomic E-state index is 5.56. The topological polar surface area (TPSA) is 89.9 Å². The number of nitrogens with two attached hydrogens (primary N) is 1. The second-order valence-electron chi connectivity index (χ2n) is 4.62. The molecule has 20 heavy (non-hydrogen) atoms.